The Morgan fingerprint density at radius 2 is 1.78 bits per heavy atom. The van der Waals surface area contributed by atoms with Gasteiger partial charge in [0.2, 0.25) is 5.88 Å². The number of benzene rings is 3. The zero-order valence-corrected chi connectivity index (χ0v) is 22.6. The first-order valence-corrected chi connectivity index (χ1v) is 13.0. The topological polar surface area (TPSA) is 72.8 Å². The number of carbonyl (C=O) groups is 2. The number of hydrogen-bond acceptors (Lipinski definition) is 5. The van der Waals surface area contributed by atoms with Crippen molar-refractivity contribution in [1.29, 1.82) is 0 Å². The van der Waals surface area contributed by atoms with Gasteiger partial charge in [0, 0.05) is 42.8 Å². The molecule has 0 bridgehead atoms. The van der Waals surface area contributed by atoms with E-state index in [2.05, 4.69) is 10.1 Å². The lowest BCUT2D eigenvalue weighted by atomic mass is 10.1. The lowest BCUT2D eigenvalue weighted by Crippen LogP contribution is -2.51. The molecule has 0 aliphatic carbocycles. The number of aryl methyl sites for hydroxylation is 1. The minimum atomic E-state index is -5.27. The van der Waals surface area contributed by atoms with Crippen LogP contribution in [-0.4, -0.2) is 53.2 Å². The highest BCUT2D eigenvalue weighted by molar-refractivity contribution is 6.33. The van der Waals surface area contributed by atoms with E-state index in [0.717, 1.165) is 6.07 Å². The fourth-order valence-corrected chi connectivity index (χ4v) is 4.90. The van der Waals surface area contributed by atoms with Crippen LogP contribution in [-0.2, 0) is 4.79 Å². The maximum Gasteiger partial charge on any atom is 0.491 e. The van der Waals surface area contributed by atoms with E-state index in [1.54, 1.807) is 46.7 Å². The van der Waals surface area contributed by atoms with Gasteiger partial charge in [0.1, 0.15) is 17.1 Å². The lowest BCUT2D eigenvalue weighted by Gasteiger charge is -2.32. The predicted molar refractivity (Wildman–Crippen MR) is 145 cm³/mol. The van der Waals surface area contributed by atoms with Crippen molar-refractivity contribution < 1.29 is 36.6 Å². The van der Waals surface area contributed by atoms with E-state index in [1.165, 1.54) is 24.3 Å². The Balaban J connectivity index is 1.80. The Kier molecular flexibility index (Phi) is 7.67. The number of carbonyl (C=O) groups excluding carboxylic acids is 2. The molecule has 0 saturated carbocycles. The van der Waals surface area contributed by atoms with E-state index in [-0.39, 0.29) is 33.6 Å². The summed E-state index contributed by atoms with van der Waals surface area (Å²) >= 11 is 6.32. The van der Waals surface area contributed by atoms with E-state index >= 15 is 0 Å². The van der Waals surface area contributed by atoms with Gasteiger partial charge in [-0.25, -0.2) is 9.18 Å². The van der Waals surface area contributed by atoms with Crippen molar-refractivity contribution in [3.05, 3.63) is 82.6 Å². The number of amides is 1. The number of piperazine rings is 1. The predicted octanol–water partition coefficient (Wildman–Crippen LogP) is 6.43. The van der Waals surface area contributed by atoms with Gasteiger partial charge in [-0.2, -0.15) is 13.2 Å². The molecule has 5 rings (SSSR count). The molecule has 0 spiro atoms. The van der Waals surface area contributed by atoms with Crippen molar-refractivity contribution in [1.82, 2.24) is 14.8 Å². The van der Waals surface area contributed by atoms with Gasteiger partial charge in [-0.1, -0.05) is 35.9 Å². The lowest BCUT2D eigenvalue weighted by molar-refractivity contribution is -0.189. The molecule has 1 saturated heterocycles. The van der Waals surface area contributed by atoms with Gasteiger partial charge < -0.3 is 19.7 Å². The van der Waals surface area contributed by atoms with E-state index in [9.17, 15) is 27.2 Å². The number of fused-ring (bicyclic) bond motifs is 1. The second-order valence-electron chi connectivity index (χ2n) is 9.66. The van der Waals surface area contributed by atoms with E-state index < -0.39 is 29.6 Å². The number of alkyl halides is 3. The summed E-state index contributed by atoms with van der Waals surface area (Å²) < 4.78 is 65.8. The molecule has 7 nitrogen and oxygen atoms in total. The van der Waals surface area contributed by atoms with Gasteiger partial charge in [-0.3, -0.25) is 9.36 Å². The molecular weight excluding hydrogens is 566 g/mol. The summed E-state index contributed by atoms with van der Waals surface area (Å²) in [6.07, 6.45) is -5.27. The van der Waals surface area contributed by atoms with Crippen LogP contribution >= 0.6 is 11.6 Å². The Labute approximate surface area is 237 Å². The summed E-state index contributed by atoms with van der Waals surface area (Å²) in [5.41, 5.74) is 1.39. The van der Waals surface area contributed by atoms with E-state index in [0.29, 0.717) is 36.4 Å². The number of nitrogens with zero attached hydrogens (tertiary/aromatic N) is 2. The van der Waals surface area contributed by atoms with E-state index in [1.807, 2.05) is 6.92 Å². The average molecular weight is 590 g/mol. The van der Waals surface area contributed by atoms with Gasteiger partial charge in [0.25, 0.3) is 5.91 Å². The van der Waals surface area contributed by atoms with Crippen LogP contribution in [0, 0.1) is 12.7 Å². The highest BCUT2D eigenvalue weighted by Gasteiger charge is 2.42. The molecule has 1 aliphatic heterocycles. The maximum atomic E-state index is 14.3. The van der Waals surface area contributed by atoms with Crippen molar-refractivity contribution in [2.24, 2.45) is 0 Å². The number of ether oxygens (including phenoxy) is 2. The van der Waals surface area contributed by atoms with Crippen LogP contribution in [0.25, 0.3) is 16.6 Å². The third kappa shape index (κ3) is 5.73. The van der Waals surface area contributed by atoms with Gasteiger partial charge in [-0.15, -0.1) is 0 Å². The number of para-hydroxylation sites is 1. The first kappa shape index (κ1) is 28.4. The minimum absolute atomic E-state index is 0.00792. The number of aromatic nitrogens is 1. The molecule has 41 heavy (non-hydrogen) atoms. The molecule has 1 aromatic heterocycles. The third-order valence-corrected chi connectivity index (χ3v) is 6.95. The monoisotopic (exact) mass is 589 g/mol. The smallest absolute Gasteiger partial charge is 0.439 e. The van der Waals surface area contributed by atoms with Gasteiger partial charge in [0.05, 0.1) is 10.5 Å². The van der Waals surface area contributed by atoms with E-state index in [4.69, 9.17) is 16.3 Å². The van der Waals surface area contributed by atoms with Crippen molar-refractivity contribution >= 4 is 34.4 Å². The van der Waals surface area contributed by atoms with Crippen LogP contribution in [0.5, 0.6) is 17.4 Å². The maximum absolute atomic E-state index is 14.3. The number of nitrogens with one attached hydrogen (secondary N) is 1. The molecule has 3 aromatic carbocycles. The third-order valence-electron chi connectivity index (χ3n) is 6.65. The van der Waals surface area contributed by atoms with Crippen molar-refractivity contribution in [2.75, 3.05) is 19.6 Å². The van der Waals surface area contributed by atoms with Crippen molar-refractivity contribution in [3.8, 4) is 23.1 Å². The molecule has 1 amide bonds. The zero-order valence-electron chi connectivity index (χ0n) is 21.9. The Morgan fingerprint density at radius 3 is 2.46 bits per heavy atom. The SMILES string of the molecule is Cc1ccc(F)cc1Oc1c(C(=O)N2CCN[C@@H](C)C2)c2cc(OC(=O)C(F)(F)F)c(Cl)cc2n1-c1ccccc1. The number of hydrogen-bond donors (Lipinski definition) is 1. The average Bonchev–Trinajstić information content (AvgIpc) is 3.22. The van der Waals surface area contributed by atoms with Gasteiger partial charge >= 0.3 is 12.1 Å². The molecule has 214 valence electrons. The number of rotatable bonds is 5. The van der Waals surface area contributed by atoms with Crippen LogP contribution in [0.2, 0.25) is 5.02 Å². The molecule has 1 fully saturated rings. The van der Waals surface area contributed by atoms with Crippen LogP contribution < -0.4 is 14.8 Å². The van der Waals surface area contributed by atoms with Crippen molar-refractivity contribution in [3.63, 3.8) is 0 Å². The molecule has 4 aromatic rings. The van der Waals surface area contributed by atoms with Crippen LogP contribution in [0.15, 0.2) is 60.7 Å². The number of halogens is 5. The summed E-state index contributed by atoms with van der Waals surface area (Å²) in [5.74, 6) is -3.97. The summed E-state index contributed by atoms with van der Waals surface area (Å²) in [4.78, 5) is 27.4. The number of esters is 1. The highest BCUT2D eigenvalue weighted by atomic mass is 35.5. The van der Waals surface area contributed by atoms with Crippen LogP contribution in [0.3, 0.4) is 0 Å². The largest absolute Gasteiger partial charge is 0.491 e. The first-order valence-electron chi connectivity index (χ1n) is 12.6. The Morgan fingerprint density at radius 1 is 1.05 bits per heavy atom. The highest BCUT2D eigenvalue weighted by Crippen LogP contribution is 2.43. The zero-order chi connectivity index (χ0) is 29.5. The molecule has 12 heteroatoms. The summed E-state index contributed by atoms with van der Waals surface area (Å²) in [7, 11) is 0. The molecule has 1 N–H and O–H groups in total. The molecule has 1 atom stereocenters. The Bertz CT molecular complexity index is 1640. The molecule has 0 radical (unpaired) electrons. The molecular formula is C29H24ClF4N3O4. The molecule has 0 unspecified atom stereocenters. The van der Waals surface area contributed by atoms with Gasteiger partial charge in [-0.05, 0) is 49.7 Å². The fraction of sp³-hybridized carbons (Fsp3) is 0.241. The van der Waals surface area contributed by atoms with Gasteiger partial charge in [0.15, 0.2) is 5.75 Å². The quantitative estimate of drug-likeness (QED) is 0.165. The summed E-state index contributed by atoms with van der Waals surface area (Å²) in [5, 5.41) is 3.08. The van der Waals surface area contributed by atoms with Crippen molar-refractivity contribution in [2.45, 2.75) is 26.1 Å². The van der Waals surface area contributed by atoms with Crippen LogP contribution in [0.1, 0.15) is 22.8 Å². The fourth-order valence-electron chi connectivity index (χ4n) is 4.70. The second-order valence-corrected chi connectivity index (χ2v) is 10.1. The minimum Gasteiger partial charge on any atom is -0.439 e. The summed E-state index contributed by atoms with van der Waals surface area (Å²) in [6, 6.07) is 15.1. The van der Waals surface area contributed by atoms with Crippen LogP contribution in [0.4, 0.5) is 17.6 Å². The molecule has 2 heterocycles. The first-order chi connectivity index (χ1) is 19.4. The Hall–Kier alpha value is -4.09. The normalized spacial score (nSPS) is 15.7. The summed E-state index contributed by atoms with van der Waals surface area (Å²) in [6.45, 7) is 4.83. The molecule has 1 aliphatic rings. The standard InChI is InChI=1S/C29H24ClF4N3O4/c1-16-8-9-18(31)12-23(16)40-27-25(26(38)36-11-10-35-17(2)15-36)20-13-24(41-28(39)29(32,33)34)21(30)14-22(20)37(27)19-6-4-3-5-7-19/h3-9,12-14,17,35H,10-11,15H2,1-2H3/t17-/m0/s1. The second kappa shape index (κ2) is 11.1.